The van der Waals surface area contributed by atoms with E-state index in [1.807, 2.05) is 17.5 Å². The summed E-state index contributed by atoms with van der Waals surface area (Å²) in [5.74, 6) is -0.427. The lowest BCUT2D eigenvalue weighted by atomic mass is 10.3. The number of hydrogen-bond donors (Lipinski definition) is 4. The van der Waals surface area contributed by atoms with E-state index < -0.39 is 5.91 Å². The SMILES string of the molecule is C=C(NNC(=O)c1[nH][nH]c(=O)c1C)c1cccs1. The van der Waals surface area contributed by atoms with Crippen LogP contribution in [0, 0.1) is 6.92 Å². The van der Waals surface area contributed by atoms with Crippen LogP contribution in [0.2, 0.25) is 0 Å². The molecule has 0 radical (unpaired) electrons. The van der Waals surface area contributed by atoms with E-state index in [1.165, 1.54) is 11.3 Å². The van der Waals surface area contributed by atoms with Gasteiger partial charge in [-0.05, 0) is 18.4 Å². The van der Waals surface area contributed by atoms with E-state index >= 15 is 0 Å². The minimum absolute atomic E-state index is 0.200. The lowest BCUT2D eigenvalue weighted by molar-refractivity contribution is 0.0937. The van der Waals surface area contributed by atoms with Crippen molar-refractivity contribution in [3.8, 4) is 0 Å². The highest BCUT2D eigenvalue weighted by Crippen LogP contribution is 2.15. The van der Waals surface area contributed by atoms with Crippen LogP contribution in [0.15, 0.2) is 28.9 Å². The number of aromatic amines is 2. The lowest BCUT2D eigenvalue weighted by Gasteiger charge is -2.08. The minimum Gasteiger partial charge on any atom is -0.297 e. The third kappa shape index (κ3) is 2.35. The van der Waals surface area contributed by atoms with E-state index in [9.17, 15) is 9.59 Å². The molecule has 0 unspecified atom stereocenters. The lowest BCUT2D eigenvalue weighted by Crippen LogP contribution is -2.36. The predicted octanol–water partition coefficient (Wildman–Crippen LogP) is 0.978. The molecule has 0 aliphatic carbocycles. The number of amides is 1. The van der Waals surface area contributed by atoms with Crippen LogP contribution in [0.1, 0.15) is 20.9 Å². The summed E-state index contributed by atoms with van der Waals surface area (Å²) in [6, 6.07) is 3.78. The van der Waals surface area contributed by atoms with Gasteiger partial charge in [0.2, 0.25) is 0 Å². The van der Waals surface area contributed by atoms with E-state index in [0.29, 0.717) is 11.3 Å². The molecule has 18 heavy (non-hydrogen) atoms. The highest BCUT2D eigenvalue weighted by molar-refractivity contribution is 7.11. The molecule has 7 heteroatoms. The first-order valence-electron chi connectivity index (χ1n) is 5.16. The molecule has 0 aromatic carbocycles. The van der Waals surface area contributed by atoms with E-state index in [2.05, 4.69) is 27.6 Å². The van der Waals surface area contributed by atoms with Crippen LogP contribution in [0.25, 0.3) is 5.70 Å². The van der Waals surface area contributed by atoms with Crippen molar-refractivity contribution in [2.45, 2.75) is 6.92 Å². The van der Waals surface area contributed by atoms with Crippen molar-refractivity contribution < 1.29 is 4.79 Å². The summed E-state index contributed by atoms with van der Waals surface area (Å²) in [5, 5.41) is 6.77. The van der Waals surface area contributed by atoms with Crippen LogP contribution < -0.4 is 16.4 Å². The van der Waals surface area contributed by atoms with Crippen LogP contribution >= 0.6 is 11.3 Å². The zero-order chi connectivity index (χ0) is 13.1. The minimum atomic E-state index is -0.427. The molecule has 0 spiro atoms. The summed E-state index contributed by atoms with van der Waals surface area (Å²) in [7, 11) is 0. The Morgan fingerprint density at radius 2 is 2.17 bits per heavy atom. The van der Waals surface area contributed by atoms with Crippen LogP contribution in [-0.2, 0) is 0 Å². The van der Waals surface area contributed by atoms with Crippen molar-refractivity contribution >= 4 is 22.9 Å². The van der Waals surface area contributed by atoms with E-state index in [-0.39, 0.29) is 11.3 Å². The van der Waals surface area contributed by atoms with Gasteiger partial charge < -0.3 is 0 Å². The second kappa shape index (κ2) is 4.92. The van der Waals surface area contributed by atoms with E-state index in [4.69, 9.17) is 0 Å². The molecule has 0 aliphatic heterocycles. The molecule has 0 atom stereocenters. The monoisotopic (exact) mass is 264 g/mol. The van der Waals surface area contributed by atoms with Crippen LogP contribution in [0.5, 0.6) is 0 Å². The molecular weight excluding hydrogens is 252 g/mol. The van der Waals surface area contributed by atoms with Crippen LogP contribution in [0.3, 0.4) is 0 Å². The normalized spacial score (nSPS) is 10.1. The standard InChI is InChI=1S/C11H12N4O2S/c1-6-9(13-14-10(6)16)11(17)15-12-7(2)8-4-3-5-18-8/h3-5,12H,2H2,1H3,(H,15,17)(H2,13,14,16). The quantitative estimate of drug-likeness (QED) is 0.620. The fourth-order valence-electron chi connectivity index (χ4n) is 1.35. The second-order valence-electron chi connectivity index (χ2n) is 3.61. The number of carbonyl (C=O) groups excluding carboxylic acids is 1. The van der Waals surface area contributed by atoms with Crippen molar-refractivity contribution in [2.75, 3.05) is 0 Å². The van der Waals surface area contributed by atoms with Gasteiger partial charge in [-0.25, -0.2) is 0 Å². The van der Waals surface area contributed by atoms with Gasteiger partial charge in [-0.1, -0.05) is 12.6 Å². The molecule has 0 aliphatic rings. The molecule has 2 rings (SSSR count). The molecule has 0 saturated carbocycles. The highest BCUT2D eigenvalue weighted by Gasteiger charge is 2.13. The first kappa shape index (κ1) is 12.2. The summed E-state index contributed by atoms with van der Waals surface area (Å²) in [5.41, 5.74) is 6.00. The number of carbonyl (C=O) groups is 1. The summed E-state index contributed by atoms with van der Waals surface area (Å²) in [6.07, 6.45) is 0. The number of hydrogen-bond acceptors (Lipinski definition) is 4. The Bertz CT molecular complexity index is 624. The Hall–Kier alpha value is -2.28. The Balaban J connectivity index is 1.99. The van der Waals surface area contributed by atoms with E-state index in [0.717, 1.165) is 4.88 Å². The Morgan fingerprint density at radius 1 is 1.39 bits per heavy atom. The molecule has 94 valence electrons. The summed E-state index contributed by atoms with van der Waals surface area (Å²) >= 11 is 1.51. The number of thiophene rings is 1. The van der Waals surface area contributed by atoms with Gasteiger partial charge in [0.05, 0.1) is 10.6 Å². The maximum Gasteiger partial charge on any atom is 0.287 e. The first-order chi connectivity index (χ1) is 8.59. The predicted molar refractivity (Wildman–Crippen MR) is 70.1 cm³/mol. The zero-order valence-corrected chi connectivity index (χ0v) is 10.5. The largest absolute Gasteiger partial charge is 0.297 e. The van der Waals surface area contributed by atoms with Crippen molar-refractivity contribution in [1.82, 2.24) is 21.0 Å². The van der Waals surface area contributed by atoms with E-state index in [1.54, 1.807) is 6.92 Å². The van der Waals surface area contributed by atoms with Gasteiger partial charge in [-0.2, -0.15) is 0 Å². The maximum absolute atomic E-state index is 11.8. The molecule has 2 aromatic rings. The van der Waals surface area contributed by atoms with Gasteiger partial charge >= 0.3 is 0 Å². The molecule has 2 heterocycles. The third-order valence-corrected chi connectivity index (χ3v) is 3.32. The third-order valence-electron chi connectivity index (χ3n) is 2.39. The van der Waals surface area contributed by atoms with Crippen molar-refractivity contribution in [1.29, 1.82) is 0 Å². The van der Waals surface area contributed by atoms with Crippen LogP contribution in [0.4, 0.5) is 0 Å². The van der Waals surface area contributed by atoms with Gasteiger partial charge in [0.1, 0.15) is 5.69 Å². The van der Waals surface area contributed by atoms with Gasteiger partial charge in [0.25, 0.3) is 11.5 Å². The topological polar surface area (TPSA) is 89.8 Å². The number of rotatable bonds is 4. The molecule has 6 nitrogen and oxygen atoms in total. The average molecular weight is 264 g/mol. The second-order valence-corrected chi connectivity index (χ2v) is 4.56. The van der Waals surface area contributed by atoms with Gasteiger partial charge in [0, 0.05) is 5.56 Å². The number of aromatic nitrogens is 2. The Kier molecular flexibility index (Phi) is 3.33. The Morgan fingerprint density at radius 3 is 2.72 bits per heavy atom. The number of nitrogens with one attached hydrogen (secondary N) is 4. The molecule has 4 N–H and O–H groups in total. The fourth-order valence-corrected chi connectivity index (χ4v) is 2.01. The van der Waals surface area contributed by atoms with Gasteiger partial charge in [0.15, 0.2) is 0 Å². The van der Waals surface area contributed by atoms with Crippen LogP contribution in [-0.4, -0.2) is 16.1 Å². The Labute approximate surface area is 107 Å². The molecule has 2 aromatic heterocycles. The van der Waals surface area contributed by atoms with Gasteiger partial charge in [-0.3, -0.25) is 30.6 Å². The maximum atomic E-state index is 11.8. The van der Waals surface area contributed by atoms with Crippen molar-refractivity contribution in [3.63, 3.8) is 0 Å². The fraction of sp³-hybridized carbons (Fsp3) is 0.0909. The molecule has 0 saturated heterocycles. The number of H-pyrrole nitrogens is 2. The molecular formula is C11H12N4O2S. The van der Waals surface area contributed by atoms with Crippen molar-refractivity contribution in [3.05, 3.63) is 50.6 Å². The summed E-state index contributed by atoms with van der Waals surface area (Å²) in [6.45, 7) is 5.36. The number of hydrazine groups is 1. The first-order valence-corrected chi connectivity index (χ1v) is 6.04. The van der Waals surface area contributed by atoms with Crippen molar-refractivity contribution in [2.24, 2.45) is 0 Å². The highest BCUT2D eigenvalue weighted by atomic mass is 32.1. The molecule has 0 bridgehead atoms. The summed E-state index contributed by atoms with van der Waals surface area (Å²) in [4.78, 5) is 23.8. The molecule has 0 fully saturated rings. The average Bonchev–Trinajstić information content (AvgIpc) is 2.98. The zero-order valence-electron chi connectivity index (χ0n) is 9.66. The molecule has 1 amide bonds. The smallest absolute Gasteiger partial charge is 0.287 e. The van der Waals surface area contributed by atoms with Gasteiger partial charge in [-0.15, -0.1) is 11.3 Å². The summed E-state index contributed by atoms with van der Waals surface area (Å²) < 4.78 is 0.